The second-order valence-electron chi connectivity index (χ2n) is 5.22. The summed E-state index contributed by atoms with van der Waals surface area (Å²) in [4.78, 5) is 12.2. The Hall–Kier alpha value is -2.66. The van der Waals surface area contributed by atoms with E-state index in [1.807, 2.05) is 48.7 Å². The molecule has 0 unspecified atom stereocenters. The number of fused-ring (bicyclic) bond motifs is 1. The maximum atomic E-state index is 12.2. The minimum absolute atomic E-state index is 0.256. The SMILES string of the molecule is C=CCn1cc(/C=N/NC(=O)c2ccccc2Br)c2ccccc21. The molecule has 24 heavy (non-hydrogen) atoms. The Morgan fingerprint density at radius 1 is 1.21 bits per heavy atom. The van der Waals surface area contributed by atoms with E-state index < -0.39 is 0 Å². The summed E-state index contributed by atoms with van der Waals surface area (Å²) in [6, 6.07) is 15.3. The molecular weight excluding hydrogens is 366 g/mol. The average molecular weight is 382 g/mol. The molecule has 0 aliphatic carbocycles. The normalized spacial score (nSPS) is 11.0. The smallest absolute Gasteiger partial charge is 0.272 e. The Kier molecular flexibility index (Phi) is 4.91. The lowest BCUT2D eigenvalue weighted by Crippen LogP contribution is -2.18. The number of aromatic nitrogens is 1. The van der Waals surface area contributed by atoms with Gasteiger partial charge in [0.1, 0.15) is 0 Å². The fraction of sp³-hybridized carbons (Fsp3) is 0.0526. The number of carbonyl (C=O) groups excluding carboxylic acids is 1. The Morgan fingerprint density at radius 3 is 2.75 bits per heavy atom. The van der Waals surface area contributed by atoms with Gasteiger partial charge in [-0.25, -0.2) is 5.43 Å². The van der Waals surface area contributed by atoms with E-state index >= 15 is 0 Å². The van der Waals surface area contributed by atoms with Crippen molar-refractivity contribution in [1.82, 2.24) is 9.99 Å². The first-order valence-electron chi connectivity index (χ1n) is 7.47. The van der Waals surface area contributed by atoms with Gasteiger partial charge in [-0.3, -0.25) is 4.79 Å². The van der Waals surface area contributed by atoms with E-state index in [4.69, 9.17) is 0 Å². The number of hydrogen-bond donors (Lipinski definition) is 1. The zero-order valence-corrected chi connectivity index (χ0v) is 14.5. The maximum absolute atomic E-state index is 12.2. The van der Waals surface area contributed by atoms with Crippen LogP contribution >= 0.6 is 15.9 Å². The van der Waals surface area contributed by atoms with Gasteiger partial charge < -0.3 is 4.57 Å². The summed E-state index contributed by atoms with van der Waals surface area (Å²) in [5, 5.41) is 5.18. The standard InChI is InChI=1S/C19H16BrN3O/c1-2-11-23-13-14(15-7-4-6-10-18(15)23)12-21-22-19(24)16-8-3-5-9-17(16)20/h2-10,12-13H,1,11H2,(H,22,24)/b21-12+. The van der Waals surface area contributed by atoms with Gasteiger partial charge in [0.15, 0.2) is 0 Å². The lowest BCUT2D eigenvalue weighted by Gasteiger charge is -2.01. The topological polar surface area (TPSA) is 46.4 Å². The van der Waals surface area contributed by atoms with Crippen LogP contribution in [0.5, 0.6) is 0 Å². The van der Waals surface area contributed by atoms with Crippen molar-refractivity contribution in [3.63, 3.8) is 0 Å². The molecular formula is C19H16BrN3O. The van der Waals surface area contributed by atoms with E-state index in [1.165, 1.54) is 0 Å². The number of allylic oxidation sites excluding steroid dienone is 1. The van der Waals surface area contributed by atoms with Crippen molar-refractivity contribution in [2.24, 2.45) is 5.10 Å². The van der Waals surface area contributed by atoms with Crippen LogP contribution in [0, 0.1) is 0 Å². The molecule has 0 atom stereocenters. The third kappa shape index (κ3) is 3.31. The fourth-order valence-electron chi connectivity index (χ4n) is 2.53. The molecule has 0 saturated carbocycles. The molecule has 1 aromatic heterocycles. The summed E-state index contributed by atoms with van der Waals surface area (Å²) in [5.41, 5.74) is 5.16. The summed E-state index contributed by atoms with van der Waals surface area (Å²) < 4.78 is 2.83. The number of amides is 1. The Morgan fingerprint density at radius 2 is 1.96 bits per heavy atom. The molecule has 1 N–H and O–H groups in total. The van der Waals surface area contributed by atoms with Crippen LogP contribution in [0.2, 0.25) is 0 Å². The number of halogens is 1. The van der Waals surface area contributed by atoms with Gasteiger partial charge in [0.2, 0.25) is 0 Å². The van der Waals surface area contributed by atoms with Gasteiger partial charge >= 0.3 is 0 Å². The van der Waals surface area contributed by atoms with E-state index in [0.29, 0.717) is 5.56 Å². The van der Waals surface area contributed by atoms with Gasteiger partial charge in [-0.1, -0.05) is 36.4 Å². The van der Waals surface area contributed by atoms with Crippen LogP contribution in [0.1, 0.15) is 15.9 Å². The van der Waals surface area contributed by atoms with Gasteiger partial charge in [-0.2, -0.15) is 5.10 Å². The molecule has 5 heteroatoms. The molecule has 0 bridgehead atoms. The second-order valence-corrected chi connectivity index (χ2v) is 6.08. The number of hydrogen-bond acceptors (Lipinski definition) is 2. The van der Waals surface area contributed by atoms with Gasteiger partial charge in [0.25, 0.3) is 5.91 Å². The van der Waals surface area contributed by atoms with Crippen LogP contribution in [0.4, 0.5) is 0 Å². The minimum atomic E-state index is -0.256. The predicted octanol–water partition coefficient (Wildman–Crippen LogP) is 4.35. The quantitative estimate of drug-likeness (QED) is 0.398. The first kappa shape index (κ1) is 16.2. The van der Waals surface area contributed by atoms with Gasteiger partial charge in [-0.15, -0.1) is 6.58 Å². The second kappa shape index (κ2) is 7.27. The van der Waals surface area contributed by atoms with Gasteiger partial charge in [0.05, 0.1) is 11.8 Å². The molecule has 1 heterocycles. The summed E-state index contributed by atoms with van der Waals surface area (Å²) in [6.07, 6.45) is 5.51. The van der Waals surface area contributed by atoms with E-state index in [1.54, 1.807) is 12.3 Å². The van der Waals surface area contributed by atoms with Crippen molar-refractivity contribution >= 4 is 39.0 Å². The summed E-state index contributed by atoms with van der Waals surface area (Å²) in [7, 11) is 0. The van der Waals surface area contributed by atoms with E-state index in [9.17, 15) is 4.79 Å². The van der Waals surface area contributed by atoms with Crippen molar-refractivity contribution < 1.29 is 4.79 Å². The van der Waals surface area contributed by atoms with E-state index in [-0.39, 0.29) is 5.91 Å². The number of carbonyl (C=O) groups is 1. The number of nitrogens with one attached hydrogen (secondary N) is 1. The minimum Gasteiger partial charge on any atom is -0.343 e. The third-order valence-electron chi connectivity index (χ3n) is 3.63. The predicted molar refractivity (Wildman–Crippen MR) is 101 cm³/mol. The van der Waals surface area contributed by atoms with Crippen LogP contribution in [-0.2, 0) is 6.54 Å². The number of benzene rings is 2. The van der Waals surface area contributed by atoms with Gasteiger partial charge in [0, 0.05) is 33.7 Å². The molecule has 3 rings (SSSR count). The highest BCUT2D eigenvalue weighted by molar-refractivity contribution is 9.10. The number of nitrogens with zero attached hydrogens (tertiary/aromatic N) is 2. The van der Waals surface area contributed by atoms with Crippen LogP contribution in [-0.4, -0.2) is 16.7 Å². The molecule has 0 spiro atoms. The van der Waals surface area contributed by atoms with Crippen LogP contribution in [0.25, 0.3) is 10.9 Å². The molecule has 3 aromatic rings. The average Bonchev–Trinajstić information content (AvgIpc) is 2.94. The van der Waals surface area contributed by atoms with Crippen LogP contribution in [0.3, 0.4) is 0 Å². The van der Waals surface area contributed by atoms with Crippen molar-refractivity contribution in [3.05, 3.63) is 83.0 Å². The highest BCUT2D eigenvalue weighted by Crippen LogP contribution is 2.20. The molecule has 0 saturated heterocycles. The Bertz CT molecular complexity index is 927. The molecule has 120 valence electrons. The Labute approximate surface area is 148 Å². The molecule has 1 amide bonds. The van der Waals surface area contributed by atoms with Crippen LogP contribution < -0.4 is 5.43 Å². The van der Waals surface area contributed by atoms with E-state index in [2.05, 4.69) is 43.7 Å². The van der Waals surface area contributed by atoms with Crippen molar-refractivity contribution in [2.45, 2.75) is 6.54 Å². The number of para-hydroxylation sites is 1. The zero-order valence-electron chi connectivity index (χ0n) is 12.9. The zero-order chi connectivity index (χ0) is 16.9. The molecule has 0 aliphatic heterocycles. The highest BCUT2D eigenvalue weighted by Gasteiger charge is 2.08. The molecule has 2 aromatic carbocycles. The molecule has 0 radical (unpaired) electrons. The van der Waals surface area contributed by atoms with Crippen molar-refractivity contribution in [2.75, 3.05) is 0 Å². The van der Waals surface area contributed by atoms with E-state index in [0.717, 1.165) is 27.5 Å². The molecule has 4 nitrogen and oxygen atoms in total. The number of hydrazone groups is 1. The van der Waals surface area contributed by atoms with Gasteiger partial charge in [-0.05, 0) is 34.1 Å². The van der Waals surface area contributed by atoms with Crippen LogP contribution in [0.15, 0.2) is 77.0 Å². The Balaban J connectivity index is 1.82. The largest absolute Gasteiger partial charge is 0.343 e. The third-order valence-corrected chi connectivity index (χ3v) is 4.32. The highest BCUT2D eigenvalue weighted by atomic mass is 79.9. The lowest BCUT2D eigenvalue weighted by atomic mass is 10.2. The maximum Gasteiger partial charge on any atom is 0.272 e. The van der Waals surface area contributed by atoms with Crippen molar-refractivity contribution in [3.8, 4) is 0 Å². The number of rotatable bonds is 5. The first-order chi connectivity index (χ1) is 11.7. The molecule has 0 aliphatic rings. The summed E-state index contributed by atoms with van der Waals surface area (Å²) in [6.45, 7) is 4.50. The summed E-state index contributed by atoms with van der Waals surface area (Å²) >= 11 is 3.36. The lowest BCUT2D eigenvalue weighted by molar-refractivity contribution is 0.0954. The fourth-order valence-corrected chi connectivity index (χ4v) is 3.00. The van der Waals surface area contributed by atoms with Crippen molar-refractivity contribution in [1.29, 1.82) is 0 Å². The first-order valence-corrected chi connectivity index (χ1v) is 8.26. The summed E-state index contributed by atoms with van der Waals surface area (Å²) in [5.74, 6) is -0.256. The molecule has 0 fully saturated rings. The monoisotopic (exact) mass is 381 g/mol.